The van der Waals surface area contributed by atoms with E-state index in [1.54, 1.807) is 19.5 Å². The molecule has 4 N–H and O–H groups in total. The quantitative estimate of drug-likeness (QED) is 0.666. The van der Waals surface area contributed by atoms with Crippen LogP contribution in [0.5, 0.6) is 5.75 Å². The summed E-state index contributed by atoms with van der Waals surface area (Å²) in [5.74, 6) is 1.82. The lowest BCUT2D eigenvalue weighted by Crippen LogP contribution is -2.05. The first-order valence-corrected chi connectivity index (χ1v) is 6.95. The molecule has 0 amide bonds. The van der Waals surface area contributed by atoms with Crippen LogP contribution in [-0.4, -0.2) is 22.1 Å². The van der Waals surface area contributed by atoms with Crippen molar-refractivity contribution in [2.45, 2.75) is 0 Å². The van der Waals surface area contributed by atoms with E-state index in [-0.39, 0.29) is 0 Å². The van der Waals surface area contributed by atoms with E-state index in [0.29, 0.717) is 17.3 Å². The minimum Gasteiger partial charge on any atom is -0.497 e. The van der Waals surface area contributed by atoms with Crippen LogP contribution < -0.4 is 21.1 Å². The SMILES string of the molecule is COc1ccc(Nc2ncnc(Nc3cccnc3)c2N)cc1. The highest BCUT2D eigenvalue weighted by Gasteiger charge is 2.09. The Hall–Kier alpha value is -3.35. The van der Waals surface area contributed by atoms with Gasteiger partial charge in [-0.25, -0.2) is 9.97 Å². The van der Waals surface area contributed by atoms with Crippen LogP contribution >= 0.6 is 0 Å². The van der Waals surface area contributed by atoms with Crippen LogP contribution in [0.15, 0.2) is 55.1 Å². The van der Waals surface area contributed by atoms with Crippen LogP contribution in [0.3, 0.4) is 0 Å². The number of pyridine rings is 1. The number of hydrogen-bond donors (Lipinski definition) is 3. The van der Waals surface area contributed by atoms with Crippen molar-refractivity contribution in [3.8, 4) is 5.75 Å². The van der Waals surface area contributed by atoms with Crippen molar-refractivity contribution in [3.05, 3.63) is 55.1 Å². The molecule has 0 unspecified atom stereocenters. The van der Waals surface area contributed by atoms with E-state index >= 15 is 0 Å². The smallest absolute Gasteiger partial charge is 0.159 e. The maximum Gasteiger partial charge on any atom is 0.159 e. The van der Waals surface area contributed by atoms with Crippen LogP contribution in [0, 0.1) is 0 Å². The van der Waals surface area contributed by atoms with Gasteiger partial charge in [0.05, 0.1) is 19.0 Å². The number of nitrogens with one attached hydrogen (secondary N) is 2. The number of hydrogen-bond acceptors (Lipinski definition) is 7. The summed E-state index contributed by atoms with van der Waals surface area (Å²) in [6.07, 6.45) is 4.84. The lowest BCUT2D eigenvalue weighted by atomic mass is 10.3. The standard InChI is InChI=1S/C16H16N6O/c1-23-13-6-4-11(5-7-13)21-15-14(17)16(20-10-19-15)22-12-3-2-8-18-9-12/h2-10H,17H2,1H3,(H2,19,20,21,22). The Morgan fingerprint density at radius 3 is 2.26 bits per heavy atom. The second-order valence-corrected chi connectivity index (χ2v) is 4.70. The fourth-order valence-electron chi connectivity index (χ4n) is 1.98. The van der Waals surface area contributed by atoms with Crippen molar-refractivity contribution in [1.29, 1.82) is 0 Å². The summed E-state index contributed by atoms with van der Waals surface area (Å²) >= 11 is 0. The highest BCUT2D eigenvalue weighted by molar-refractivity contribution is 5.80. The lowest BCUT2D eigenvalue weighted by Gasteiger charge is -2.12. The van der Waals surface area contributed by atoms with Gasteiger partial charge in [-0.05, 0) is 36.4 Å². The summed E-state index contributed by atoms with van der Waals surface area (Å²) < 4.78 is 5.13. The Morgan fingerprint density at radius 1 is 0.957 bits per heavy atom. The largest absolute Gasteiger partial charge is 0.497 e. The highest BCUT2D eigenvalue weighted by Crippen LogP contribution is 2.28. The van der Waals surface area contributed by atoms with Crippen LogP contribution in [0.4, 0.5) is 28.7 Å². The molecule has 0 saturated heterocycles. The molecule has 0 saturated carbocycles. The van der Waals surface area contributed by atoms with Gasteiger partial charge in [-0.3, -0.25) is 4.98 Å². The van der Waals surface area contributed by atoms with Crippen molar-refractivity contribution in [3.63, 3.8) is 0 Å². The van der Waals surface area contributed by atoms with Crippen molar-refractivity contribution in [1.82, 2.24) is 15.0 Å². The van der Waals surface area contributed by atoms with Crippen molar-refractivity contribution in [2.75, 3.05) is 23.5 Å². The first-order valence-electron chi connectivity index (χ1n) is 6.95. The van der Waals surface area contributed by atoms with Gasteiger partial charge in [-0.1, -0.05) is 0 Å². The lowest BCUT2D eigenvalue weighted by molar-refractivity contribution is 0.415. The topological polar surface area (TPSA) is 98.0 Å². The molecule has 2 aromatic heterocycles. The molecule has 116 valence electrons. The zero-order valence-electron chi connectivity index (χ0n) is 12.5. The maximum atomic E-state index is 6.14. The minimum atomic E-state index is 0.423. The van der Waals surface area contributed by atoms with E-state index in [0.717, 1.165) is 17.1 Å². The Labute approximate surface area is 133 Å². The third-order valence-electron chi connectivity index (χ3n) is 3.16. The second-order valence-electron chi connectivity index (χ2n) is 4.70. The second kappa shape index (κ2) is 6.61. The summed E-state index contributed by atoms with van der Waals surface area (Å²) in [4.78, 5) is 12.4. The van der Waals surface area contributed by atoms with Gasteiger partial charge < -0.3 is 21.1 Å². The Bertz CT molecular complexity index is 776. The monoisotopic (exact) mass is 308 g/mol. The molecule has 0 radical (unpaired) electrons. The molecule has 7 nitrogen and oxygen atoms in total. The third kappa shape index (κ3) is 3.46. The molecule has 0 bridgehead atoms. The molecule has 23 heavy (non-hydrogen) atoms. The molecule has 0 aliphatic heterocycles. The Balaban J connectivity index is 1.81. The number of aromatic nitrogens is 3. The van der Waals surface area contributed by atoms with E-state index < -0.39 is 0 Å². The van der Waals surface area contributed by atoms with Crippen LogP contribution in [0.25, 0.3) is 0 Å². The number of rotatable bonds is 5. The summed E-state index contributed by atoms with van der Waals surface area (Å²) in [5, 5.41) is 6.28. The zero-order chi connectivity index (χ0) is 16.1. The number of ether oxygens (including phenoxy) is 1. The minimum absolute atomic E-state index is 0.423. The molecular formula is C16H16N6O. The number of anilines is 5. The number of nitrogen functional groups attached to an aromatic ring is 1. The van der Waals surface area contributed by atoms with E-state index in [4.69, 9.17) is 10.5 Å². The fraction of sp³-hybridized carbons (Fsp3) is 0.0625. The molecule has 3 rings (SSSR count). The zero-order valence-corrected chi connectivity index (χ0v) is 12.5. The van der Waals surface area contributed by atoms with Gasteiger partial charge in [-0.15, -0.1) is 0 Å². The third-order valence-corrected chi connectivity index (χ3v) is 3.16. The average Bonchev–Trinajstić information content (AvgIpc) is 2.60. The van der Waals surface area contributed by atoms with Crippen molar-refractivity contribution < 1.29 is 4.74 Å². The number of benzene rings is 1. The van der Waals surface area contributed by atoms with Gasteiger partial charge in [0.25, 0.3) is 0 Å². The van der Waals surface area contributed by atoms with Gasteiger partial charge >= 0.3 is 0 Å². The number of methoxy groups -OCH3 is 1. The summed E-state index contributed by atoms with van der Waals surface area (Å²) in [6.45, 7) is 0. The molecular weight excluding hydrogens is 292 g/mol. The summed E-state index contributed by atoms with van der Waals surface area (Å²) in [6, 6.07) is 11.2. The van der Waals surface area contributed by atoms with Crippen LogP contribution in [0.1, 0.15) is 0 Å². The van der Waals surface area contributed by atoms with E-state index in [1.165, 1.54) is 6.33 Å². The number of nitrogens with two attached hydrogens (primary N) is 1. The van der Waals surface area contributed by atoms with Gasteiger partial charge in [-0.2, -0.15) is 0 Å². The molecule has 0 aliphatic rings. The average molecular weight is 308 g/mol. The van der Waals surface area contributed by atoms with E-state index in [2.05, 4.69) is 25.6 Å². The predicted octanol–water partition coefficient (Wildman–Crippen LogP) is 2.95. The summed E-state index contributed by atoms with van der Waals surface area (Å²) in [7, 11) is 1.63. The van der Waals surface area contributed by atoms with Crippen molar-refractivity contribution >= 4 is 28.7 Å². The van der Waals surface area contributed by atoms with E-state index in [9.17, 15) is 0 Å². The molecule has 3 aromatic rings. The fourth-order valence-corrected chi connectivity index (χ4v) is 1.98. The molecule has 1 aromatic carbocycles. The molecule has 0 fully saturated rings. The first kappa shape index (κ1) is 14.6. The highest BCUT2D eigenvalue weighted by atomic mass is 16.5. The predicted molar refractivity (Wildman–Crippen MR) is 90.2 cm³/mol. The van der Waals surface area contributed by atoms with Gasteiger partial charge in [0.2, 0.25) is 0 Å². The number of nitrogens with zero attached hydrogens (tertiary/aromatic N) is 3. The molecule has 7 heteroatoms. The molecule has 0 spiro atoms. The molecule has 2 heterocycles. The van der Waals surface area contributed by atoms with Gasteiger partial charge in [0.15, 0.2) is 11.6 Å². The molecule has 0 atom stereocenters. The van der Waals surface area contributed by atoms with Crippen LogP contribution in [-0.2, 0) is 0 Å². The molecule has 0 aliphatic carbocycles. The van der Waals surface area contributed by atoms with Gasteiger partial charge in [0, 0.05) is 11.9 Å². The van der Waals surface area contributed by atoms with E-state index in [1.807, 2.05) is 36.4 Å². The normalized spacial score (nSPS) is 10.1. The Morgan fingerprint density at radius 2 is 1.65 bits per heavy atom. The Kier molecular flexibility index (Phi) is 4.19. The van der Waals surface area contributed by atoms with Crippen LogP contribution in [0.2, 0.25) is 0 Å². The van der Waals surface area contributed by atoms with Gasteiger partial charge in [0.1, 0.15) is 17.8 Å². The maximum absolute atomic E-state index is 6.14. The first-order chi connectivity index (χ1) is 11.3. The summed E-state index contributed by atoms with van der Waals surface area (Å²) in [5.41, 5.74) is 8.21. The van der Waals surface area contributed by atoms with Crippen molar-refractivity contribution in [2.24, 2.45) is 0 Å².